The SMILES string of the molecule is CCCCOCCCNC(=O)N/C=C/c1ccccc1OC. The summed E-state index contributed by atoms with van der Waals surface area (Å²) < 4.78 is 10.6. The standard InChI is InChI=1S/C17H26N2O3/c1-3-4-13-22-14-7-11-18-17(20)19-12-10-15-8-5-6-9-16(15)21-2/h5-6,8-10,12H,3-4,7,11,13-14H2,1-2H3,(H2,18,19,20)/b12-10+. The smallest absolute Gasteiger partial charge is 0.318 e. The number of hydrogen-bond donors (Lipinski definition) is 2. The minimum Gasteiger partial charge on any atom is -0.496 e. The molecule has 5 heteroatoms. The zero-order chi connectivity index (χ0) is 16.0. The van der Waals surface area contributed by atoms with Crippen LogP contribution in [0, 0.1) is 0 Å². The van der Waals surface area contributed by atoms with Crippen molar-refractivity contribution in [3.63, 3.8) is 0 Å². The second kappa shape index (κ2) is 11.6. The Morgan fingerprint density at radius 2 is 2.00 bits per heavy atom. The van der Waals surface area contributed by atoms with Crippen LogP contribution in [0.5, 0.6) is 5.75 Å². The average molecular weight is 306 g/mol. The highest BCUT2D eigenvalue weighted by atomic mass is 16.5. The minimum absolute atomic E-state index is 0.222. The van der Waals surface area contributed by atoms with E-state index in [2.05, 4.69) is 17.6 Å². The lowest BCUT2D eigenvalue weighted by Gasteiger charge is -2.06. The van der Waals surface area contributed by atoms with Gasteiger partial charge >= 0.3 is 6.03 Å². The van der Waals surface area contributed by atoms with Gasteiger partial charge in [-0.2, -0.15) is 0 Å². The summed E-state index contributed by atoms with van der Waals surface area (Å²) in [6, 6.07) is 7.39. The van der Waals surface area contributed by atoms with Gasteiger partial charge in [0.1, 0.15) is 5.75 Å². The van der Waals surface area contributed by atoms with Crippen LogP contribution in [0.3, 0.4) is 0 Å². The molecule has 0 aliphatic rings. The zero-order valence-electron chi connectivity index (χ0n) is 13.4. The fourth-order valence-electron chi connectivity index (χ4n) is 1.79. The van der Waals surface area contributed by atoms with E-state index in [4.69, 9.17) is 9.47 Å². The Bertz CT molecular complexity index is 461. The Balaban J connectivity index is 2.16. The number of ether oxygens (including phenoxy) is 2. The number of nitrogens with one attached hydrogen (secondary N) is 2. The molecule has 0 aliphatic carbocycles. The summed E-state index contributed by atoms with van der Waals surface area (Å²) in [6.45, 7) is 4.20. The number of urea groups is 1. The lowest BCUT2D eigenvalue weighted by molar-refractivity contribution is 0.129. The van der Waals surface area contributed by atoms with Crippen molar-refractivity contribution in [1.29, 1.82) is 0 Å². The summed E-state index contributed by atoms with van der Waals surface area (Å²) >= 11 is 0. The Morgan fingerprint density at radius 3 is 2.77 bits per heavy atom. The van der Waals surface area contributed by atoms with E-state index in [9.17, 15) is 4.79 Å². The highest BCUT2D eigenvalue weighted by molar-refractivity contribution is 5.76. The van der Waals surface area contributed by atoms with Crippen LogP contribution < -0.4 is 15.4 Å². The Labute approximate surface area is 132 Å². The van der Waals surface area contributed by atoms with E-state index in [1.54, 1.807) is 19.4 Å². The van der Waals surface area contributed by atoms with E-state index in [1.807, 2.05) is 24.3 Å². The van der Waals surface area contributed by atoms with Crippen LogP contribution in [-0.2, 0) is 4.74 Å². The average Bonchev–Trinajstić information content (AvgIpc) is 2.54. The van der Waals surface area contributed by atoms with Gasteiger partial charge in [-0.15, -0.1) is 0 Å². The maximum atomic E-state index is 11.6. The molecule has 0 saturated carbocycles. The molecule has 0 bridgehead atoms. The van der Waals surface area contributed by atoms with Crippen molar-refractivity contribution in [2.45, 2.75) is 26.2 Å². The Morgan fingerprint density at radius 1 is 1.23 bits per heavy atom. The number of carbonyl (C=O) groups is 1. The van der Waals surface area contributed by atoms with Crippen LogP contribution in [0.2, 0.25) is 0 Å². The normalized spacial score (nSPS) is 10.6. The lowest BCUT2D eigenvalue weighted by atomic mass is 10.2. The molecule has 0 unspecified atom stereocenters. The van der Waals surface area contributed by atoms with E-state index in [-0.39, 0.29) is 6.03 Å². The van der Waals surface area contributed by atoms with E-state index in [0.717, 1.165) is 37.2 Å². The first-order chi connectivity index (χ1) is 10.8. The van der Waals surface area contributed by atoms with Crippen LogP contribution in [0.25, 0.3) is 6.08 Å². The van der Waals surface area contributed by atoms with Gasteiger partial charge in [-0.25, -0.2) is 4.79 Å². The second-order valence-electron chi connectivity index (χ2n) is 4.80. The molecule has 1 aromatic carbocycles. The minimum atomic E-state index is -0.222. The molecule has 0 aromatic heterocycles. The zero-order valence-corrected chi connectivity index (χ0v) is 13.4. The fourth-order valence-corrected chi connectivity index (χ4v) is 1.79. The number of rotatable bonds is 10. The highest BCUT2D eigenvalue weighted by Gasteiger charge is 1.98. The van der Waals surface area contributed by atoms with Gasteiger partial charge in [-0.3, -0.25) is 0 Å². The van der Waals surface area contributed by atoms with Gasteiger partial charge in [0.2, 0.25) is 0 Å². The third-order valence-corrected chi connectivity index (χ3v) is 3.01. The predicted octanol–water partition coefficient (Wildman–Crippen LogP) is 3.17. The number of hydrogen-bond acceptors (Lipinski definition) is 3. The van der Waals surface area contributed by atoms with Gasteiger partial charge in [-0.05, 0) is 25.0 Å². The summed E-state index contributed by atoms with van der Waals surface area (Å²) in [4.78, 5) is 11.6. The summed E-state index contributed by atoms with van der Waals surface area (Å²) in [5, 5.41) is 5.44. The maximum Gasteiger partial charge on any atom is 0.318 e. The summed E-state index contributed by atoms with van der Waals surface area (Å²) in [5.74, 6) is 0.769. The topological polar surface area (TPSA) is 59.6 Å². The molecule has 0 heterocycles. The molecule has 0 atom stereocenters. The quantitative estimate of drug-likeness (QED) is 0.653. The van der Waals surface area contributed by atoms with Crippen molar-refractivity contribution in [2.24, 2.45) is 0 Å². The number of unbranched alkanes of at least 4 members (excludes halogenated alkanes) is 1. The fraction of sp³-hybridized carbons (Fsp3) is 0.471. The molecular formula is C17H26N2O3. The molecule has 1 aromatic rings. The molecule has 22 heavy (non-hydrogen) atoms. The van der Waals surface area contributed by atoms with Crippen LogP contribution in [0.1, 0.15) is 31.7 Å². The van der Waals surface area contributed by atoms with Gasteiger partial charge in [0, 0.05) is 31.5 Å². The second-order valence-corrected chi connectivity index (χ2v) is 4.80. The van der Waals surface area contributed by atoms with Crippen LogP contribution in [0.4, 0.5) is 4.79 Å². The van der Waals surface area contributed by atoms with Crippen molar-refractivity contribution in [1.82, 2.24) is 10.6 Å². The molecule has 1 rings (SSSR count). The number of carbonyl (C=O) groups excluding carboxylic acids is 1. The first-order valence-corrected chi connectivity index (χ1v) is 7.69. The van der Waals surface area contributed by atoms with Gasteiger partial charge in [0.25, 0.3) is 0 Å². The molecule has 0 saturated heterocycles. The Hall–Kier alpha value is -2.01. The van der Waals surface area contributed by atoms with Gasteiger partial charge in [0.15, 0.2) is 0 Å². The van der Waals surface area contributed by atoms with Crippen molar-refractivity contribution >= 4 is 12.1 Å². The number of benzene rings is 1. The molecule has 2 N–H and O–H groups in total. The third kappa shape index (κ3) is 7.69. The van der Waals surface area contributed by atoms with E-state index < -0.39 is 0 Å². The molecular weight excluding hydrogens is 280 g/mol. The van der Waals surface area contributed by atoms with E-state index in [1.165, 1.54) is 0 Å². The van der Waals surface area contributed by atoms with Crippen molar-refractivity contribution < 1.29 is 14.3 Å². The monoisotopic (exact) mass is 306 g/mol. The molecule has 2 amide bonds. The number of para-hydroxylation sites is 1. The summed E-state index contributed by atoms with van der Waals surface area (Å²) in [7, 11) is 1.62. The van der Waals surface area contributed by atoms with E-state index in [0.29, 0.717) is 13.2 Å². The summed E-state index contributed by atoms with van der Waals surface area (Å²) in [6.07, 6.45) is 6.44. The lowest BCUT2D eigenvalue weighted by Crippen LogP contribution is -2.33. The van der Waals surface area contributed by atoms with E-state index >= 15 is 0 Å². The van der Waals surface area contributed by atoms with Gasteiger partial charge < -0.3 is 20.1 Å². The third-order valence-electron chi connectivity index (χ3n) is 3.01. The highest BCUT2D eigenvalue weighted by Crippen LogP contribution is 2.18. The Kier molecular flexibility index (Phi) is 9.54. The van der Waals surface area contributed by atoms with Crippen molar-refractivity contribution in [2.75, 3.05) is 26.9 Å². The predicted molar refractivity (Wildman–Crippen MR) is 88.9 cm³/mol. The molecule has 0 spiro atoms. The largest absolute Gasteiger partial charge is 0.496 e. The van der Waals surface area contributed by atoms with Gasteiger partial charge in [0.05, 0.1) is 7.11 Å². The van der Waals surface area contributed by atoms with Crippen LogP contribution in [-0.4, -0.2) is 32.9 Å². The first-order valence-electron chi connectivity index (χ1n) is 7.69. The number of methoxy groups -OCH3 is 1. The van der Waals surface area contributed by atoms with Gasteiger partial charge in [-0.1, -0.05) is 31.5 Å². The van der Waals surface area contributed by atoms with Crippen LogP contribution >= 0.6 is 0 Å². The molecule has 5 nitrogen and oxygen atoms in total. The number of amides is 2. The first kappa shape index (κ1) is 18.0. The van der Waals surface area contributed by atoms with Crippen molar-refractivity contribution in [3.8, 4) is 5.75 Å². The van der Waals surface area contributed by atoms with Crippen LogP contribution in [0.15, 0.2) is 30.5 Å². The maximum absolute atomic E-state index is 11.6. The molecule has 0 aliphatic heterocycles. The molecule has 0 radical (unpaired) electrons. The molecule has 0 fully saturated rings. The van der Waals surface area contributed by atoms with Crippen molar-refractivity contribution in [3.05, 3.63) is 36.0 Å². The molecule has 122 valence electrons. The summed E-state index contributed by atoms with van der Waals surface area (Å²) in [5.41, 5.74) is 0.912.